The van der Waals surface area contributed by atoms with Crippen LogP contribution < -0.4 is 5.56 Å². The third-order valence-corrected chi connectivity index (χ3v) is 4.54. The highest BCUT2D eigenvalue weighted by Crippen LogP contribution is 2.31. The van der Waals surface area contributed by atoms with Crippen LogP contribution in [0.25, 0.3) is 10.9 Å². The minimum Gasteiger partial charge on any atom is -0.364 e. The molecule has 3 aromatic rings. The number of rotatable bonds is 3. The molecule has 118 valence electrons. The van der Waals surface area contributed by atoms with Crippen molar-refractivity contribution in [1.29, 1.82) is 0 Å². The van der Waals surface area contributed by atoms with Gasteiger partial charge in [0, 0.05) is 19.7 Å². The van der Waals surface area contributed by atoms with Gasteiger partial charge in [-0.05, 0) is 31.5 Å². The lowest BCUT2D eigenvalue weighted by molar-refractivity contribution is 0.228. The van der Waals surface area contributed by atoms with E-state index in [2.05, 4.69) is 10.1 Å². The fraction of sp³-hybridized carbons (Fsp3) is 0.353. The Bertz CT molecular complexity index is 885. The summed E-state index contributed by atoms with van der Waals surface area (Å²) < 4.78 is 6.61. The Labute approximate surface area is 133 Å². The first-order chi connectivity index (χ1) is 11.2. The largest absolute Gasteiger partial charge is 0.364 e. The summed E-state index contributed by atoms with van der Waals surface area (Å²) in [6.45, 7) is 1.68. The minimum absolute atomic E-state index is 0.0129. The molecule has 1 saturated heterocycles. The van der Waals surface area contributed by atoms with Crippen molar-refractivity contribution in [3.63, 3.8) is 0 Å². The van der Waals surface area contributed by atoms with Crippen LogP contribution in [0.5, 0.6) is 0 Å². The lowest BCUT2D eigenvalue weighted by atomic mass is 10.1. The molecule has 1 unspecified atom stereocenters. The van der Waals surface area contributed by atoms with Crippen LogP contribution in [0.3, 0.4) is 0 Å². The standard InChI is InChI=1S/C17H18N4O2/c1-20-16(18-14-6-3-2-5-13(14)17(20)22)15-7-4-9-21(15)11-12-8-10-23-19-12/h2-3,5-6,8,10,15H,4,7,9,11H2,1H3. The van der Waals surface area contributed by atoms with Crippen molar-refractivity contribution in [2.75, 3.05) is 6.54 Å². The molecule has 6 heteroatoms. The molecular formula is C17H18N4O2. The van der Waals surface area contributed by atoms with E-state index in [9.17, 15) is 4.79 Å². The van der Waals surface area contributed by atoms with E-state index in [1.807, 2.05) is 37.4 Å². The monoisotopic (exact) mass is 310 g/mol. The van der Waals surface area contributed by atoms with Gasteiger partial charge in [0.05, 0.1) is 22.6 Å². The van der Waals surface area contributed by atoms with Gasteiger partial charge in [-0.15, -0.1) is 0 Å². The molecule has 0 bridgehead atoms. The SMILES string of the molecule is Cn1c(C2CCCN2Cc2ccon2)nc2ccccc2c1=O. The first-order valence-electron chi connectivity index (χ1n) is 7.83. The molecule has 0 spiro atoms. The van der Waals surface area contributed by atoms with Gasteiger partial charge in [0.1, 0.15) is 12.1 Å². The molecule has 1 atom stereocenters. The van der Waals surface area contributed by atoms with E-state index in [0.29, 0.717) is 11.9 Å². The Hall–Kier alpha value is -2.47. The van der Waals surface area contributed by atoms with Gasteiger partial charge in [-0.1, -0.05) is 17.3 Å². The lowest BCUT2D eigenvalue weighted by Gasteiger charge is -2.24. The molecule has 1 aliphatic heterocycles. The van der Waals surface area contributed by atoms with Crippen LogP contribution in [-0.2, 0) is 13.6 Å². The van der Waals surface area contributed by atoms with Gasteiger partial charge in [-0.3, -0.25) is 14.3 Å². The van der Waals surface area contributed by atoms with Crippen molar-refractivity contribution in [2.45, 2.75) is 25.4 Å². The summed E-state index contributed by atoms with van der Waals surface area (Å²) in [6.07, 6.45) is 3.67. The number of aromatic nitrogens is 3. The highest BCUT2D eigenvalue weighted by Gasteiger charge is 2.30. The van der Waals surface area contributed by atoms with Crippen LogP contribution in [0.1, 0.15) is 30.4 Å². The third-order valence-electron chi connectivity index (χ3n) is 4.54. The summed E-state index contributed by atoms with van der Waals surface area (Å²) in [7, 11) is 1.81. The number of hydrogen-bond acceptors (Lipinski definition) is 5. The normalized spacial score (nSPS) is 18.7. The second-order valence-electron chi connectivity index (χ2n) is 5.97. The molecule has 0 aliphatic carbocycles. The highest BCUT2D eigenvalue weighted by atomic mass is 16.5. The summed E-state index contributed by atoms with van der Waals surface area (Å²) in [5.74, 6) is 0.828. The van der Waals surface area contributed by atoms with Crippen molar-refractivity contribution in [3.8, 4) is 0 Å². The van der Waals surface area contributed by atoms with E-state index in [1.165, 1.54) is 0 Å². The molecule has 0 N–H and O–H groups in total. The second-order valence-corrected chi connectivity index (χ2v) is 5.97. The Morgan fingerprint density at radius 1 is 1.30 bits per heavy atom. The Morgan fingerprint density at radius 2 is 2.17 bits per heavy atom. The molecule has 0 radical (unpaired) electrons. The summed E-state index contributed by atoms with van der Waals surface area (Å²) in [5, 5.41) is 4.66. The van der Waals surface area contributed by atoms with Crippen LogP contribution in [0.2, 0.25) is 0 Å². The first kappa shape index (κ1) is 14.1. The zero-order valence-electron chi connectivity index (χ0n) is 13.0. The van der Waals surface area contributed by atoms with Gasteiger partial charge in [-0.25, -0.2) is 4.98 Å². The fourth-order valence-corrected chi connectivity index (χ4v) is 3.37. The molecule has 1 aliphatic rings. The van der Waals surface area contributed by atoms with E-state index in [-0.39, 0.29) is 11.6 Å². The van der Waals surface area contributed by atoms with E-state index < -0.39 is 0 Å². The Kier molecular flexibility index (Phi) is 3.46. The number of benzene rings is 1. The Balaban J connectivity index is 1.75. The maximum Gasteiger partial charge on any atom is 0.261 e. The molecule has 3 heterocycles. The van der Waals surface area contributed by atoms with E-state index in [4.69, 9.17) is 9.51 Å². The van der Waals surface area contributed by atoms with Gasteiger partial charge in [0.2, 0.25) is 0 Å². The van der Waals surface area contributed by atoms with Gasteiger partial charge < -0.3 is 4.52 Å². The smallest absolute Gasteiger partial charge is 0.261 e. The lowest BCUT2D eigenvalue weighted by Crippen LogP contribution is -2.30. The molecule has 6 nitrogen and oxygen atoms in total. The van der Waals surface area contributed by atoms with Crippen molar-refractivity contribution in [3.05, 3.63) is 58.5 Å². The molecule has 0 amide bonds. The van der Waals surface area contributed by atoms with Crippen LogP contribution in [0, 0.1) is 0 Å². The van der Waals surface area contributed by atoms with Gasteiger partial charge >= 0.3 is 0 Å². The van der Waals surface area contributed by atoms with E-state index >= 15 is 0 Å². The highest BCUT2D eigenvalue weighted by molar-refractivity contribution is 5.77. The number of hydrogen-bond donors (Lipinski definition) is 0. The first-order valence-corrected chi connectivity index (χ1v) is 7.83. The Morgan fingerprint density at radius 3 is 3.00 bits per heavy atom. The topological polar surface area (TPSA) is 64.2 Å². The molecule has 4 rings (SSSR count). The average molecular weight is 310 g/mol. The van der Waals surface area contributed by atoms with Crippen LogP contribution in [-0.4, -0.2) is 26.2 Å². The van der Waals surface area contributed by atoms with Crippen molar-refractivity contribution < 1.29 is 4.52 Å². The van der Waals surface area contributed by atoms with Crippen molar-refractivity contribution in [2.24, 2.45) is 7.05 Å². The second kappa shape index (κ2) is 5.62. The summed E-state index contributed by atoms with van der Waals surface area (Å²) >= 11 is 0. The van der Waals surface area contributed by atoms with Gasteiger partial charge in [0.25, 0.3) is 5.56 Å². The van der Waals surface area contributed by atoms with E-state index in [0.717, 1.165) is 36.4 Å². The number of para-hydroxylation sites is 1. The quantitative estimate of drug-likeness (QED) is 0.742. The molecule has 0 saturated carbocycles. The molecule has 1 fully saturated rings. The maximum absolute atomic E-state index is 12.6. The molecular weight excluding hydrogens is 292 g/mol. The van der Waals surface area contributed by atoms with Crippen LogP contribution in [0.4, 0.5) is 0 Å². The number of likely N-dealkylation sites (tertiary alicyclic amines) is 1. The number of nitrogens with zero attached hydrogens (tertiary/aromatic N) is 4. The predicted molar refractivity (Wildman–Crippen MR) is 85.9 cm³/mol. The van der Waals surface area contributed by atoms with Crippen molar-refractivity contribution in [1.82, 2.24) is 19.6 Å². The van der Waals surface area contributed by atoms with Crippen LogP contribution >= 0.6 is 0 Å². The summed E-state index contributed by atoms with van der Waals surface area (Å²) in [5.41, 5.74) is 1.68. The zero-order valence-corrected chi connectivity index (χ0v) is 13.0. The fourth-order valence-electron chi connectivity index (χ4n) is 3.37. The third kappa shape index (κ3) is 2.45. The van der Waals surface area contributed by atoms with Gasteiger partial charge in [0.15, 0.2) is 0 Å². The predicted octanol–water partition coefficient (Wildman–Crippen LogP) is 2.26. The van der Waals surface area contributed by atoms with Gasteiger partial charge in [-0.2, -0.15) is 0 Å². The molecule has 1 aromatic carbocycles. The average Bonchev–Trinajstić information content (AvgIpc) is 3.23. The summed E-state index contributed by atoms with van der Waals surface area (Å²) in [4.78, 5) is 19.7. The summed E-state index contributed by atoms with van der Waals surface area (Å²) in [6, 6.07) is 9.53. The van der Waals surface area contributed by atoms with Crippen molar-refractivity contribution >= 4 is 10.9 Å². The molecule has 2 aromatic heterocycles. The van der Waals surface area contributed by atoms with Crippen LogP contribution in [0.15, 0.2) is 45.9 Å². The minimum atomic E-state index is 0.0129. The zero-order chi connectivity index (χ0) is 15.8. The molecule has 23 heavy (non-hydrogen) atoms. The number of fused-ring (bicyclic) bond motifs is 1. The van der Waals surface area contributed by atoms with E-state index in [1.54, 1.807) is 10.8 Å². The maximum atomic E-state index is 12.6.